The molecule has 3 rings (SSSR count). The maximum Gasteiger partial charge on any atom is 0.417 e. The highest BCUT2D eigenvalue weighted by molar-refractivity contribution is 5.96. The first-order valence-electron chi connectivity index (χ1n) is 10.7. The van der Waals surface area contributed by atoms with E-state index < -0.39 is 65.6 Å². The Morgan fingerprint density at radius 1 is 1.03 bits per heavy atom. The van der Waals surface area contributed by atoms with Crippen LogP contribution < -0.4 is 0 Å². The Kier molecular flexibility index (Phi) is 6.47. The van der Waals surface area contributed by atoms with Crippen LogP contribution in [0, 0.1) is 5.92 Å². The van der Waals surface area contributed by atoms with Crippen molar-refractivity contribution in [2.45, 2.75) is 103 Å². The molecule has 0 aromatic rings. The molecular formula is C21H35NO9. The average molecular weight is 446 g/mol. The van der Waals surface area contributed by atoms with Gasteiger partial charge in [0.1, 0.15) is 23.9 Å². The van der Waals surface area contributed by atoms with Crippen LogP contribution in [0.1, 0.15) is 54.9 Å². The summed E-state index contributed by atoms with van der Waals surface area (Å²) in [5.74, 6) is -3.36. The second kappa shape index (κ2) is 8.24. The zero-order valence-electron chi connectivity index (χ0n) is 19.3. The second-order valence-corrected chi connectivity index (χ2v) is 10.3. The first kappa shape index (κ1) is 24.3. The van der Waals surface area contributed by atoms with Gasteiger partial charge in [0, 0.05) is 0 Å². The van der Waals surface area contributed by atoms with E-state index in [0.29, 0.717) is 0 Å². The molecule has 0 aromatic carbocycles. The smallest absolute Gasteiger partial charge is 0.417 e. The van der Waals surface area contributed by atoms with Crippen molar-refractivity contribution in [2.24, 2.45) is 5.92 Å². The van der Waals surface area contributed by atoms with Crippen LogP contribution >= 0.6 is 0 Å². The standard InChI is InChI=1S/C21H35NO9/c1-19(2,3)31-18(26)22-12(16(24)14-10-28-21(6,7)30-14)8-11(17(22)25)15(23)13-9-27-20(4,5)29-13/h11-16,23-24H,8-10H2,1-7H3/t11-,12+,13-,14+,15+,16-/m0/s1. The SMILES string of the molecule is CC(C)(C)OC(=O)N1C(=O)[C@H]([C@@H](O)[C@@H]2COC(C)(C)O2)C[C@@H]1[C@H](O)[C@H]1COC(C)(C)O1. The summed E-state index contributed by atoms with van der Waals surface area (Å²) in [7, 11) is 0. The summed E-state index contributed by atoms with van der Waals surface area (Å²) in [6, 6.07) is -0.945. The maximum absolute atomic E-state index is 13.2. The Morgan fingerprint density at radius 2 is 1.52 bits per heavy atom. The van der Waals surface area contributed by atoms with E-state index in [9.17, 15) is 19.8 Å². The van der Waals surface area contributed by atoms with Crippen molar-refractivity contribution >= 4 is 12.0 Å². The Balaban J connectivity index is 1.82. The molecule has 0 aromatic heterocycles. The topological polar surface area (TPSA) is 124 Å². The number of amides is 2. The third-order valence-electron chi connectivity index (χ3n) is 5.60. The number of hydrogen-bond donors (Lipinski definition) is 2. The van der Waals surface area contributed by atoms with Gasteiger partial charge in [-0.25, -0.2) is 9.69 Å². The van der Waals surface area contributed by atoms with Crippen LogP contribution in [-0.4, -0.2) is 88.0 Å². The summed E-state index contributed by atoms with van der Waals surface area (Å²) in [6.45, 7) is 12.2. The van der Waals surface area contributed by atoms with Crippen LogP contribution in [0.3, 0.4) is 0 Å². The fraction of sp³-hybridized carbons (Fsp3) is 0.905. The lowest BCUT2D eigenvalue weighted by Gasteiger charge is -2.31. The molecule has 0 bridgehead atoms. The molecule has 0 radical (unpaired) electrons. The molecule has 0 aliphatic carbocycles. The van der Waals surface area contributed by atoms with Crippen LogP contribution in [0.15, 0.2) is 0 Å². The van der Waals surface area contributed by atoms with Gasteiger partial charge in [-0.3, -0.25) is 4.79 Å². The molecule has 31 heavy (non-hydrogen) atoms. The normalized spacial score (nSPS) is 34.7. The number of carbonyl (C=O) groups excluding carboxylic acids is 2. The van der Waals surface area contributed by atoms with Crippen LogP contribution in [0.5, 0.6) is 0 Å². The molecule has 3 aliphatic heterocycles. The molecule has 0 spiro atoms. The molecule has 2 amide bonds. The average Bonchev–Trinajstić information content (AvgIpc) is 3.26. The van der Waals surface area contributed by atoms with E-state index in [-0.39, 0.29) is 19.6 Å². The summed E-state index contributed by atoms with van der Waals surface area (Å²) in [5, 5.41) is 21.9. The number of carbonyl (C=O) groups is 2. The number of imide groups is 1. The van der Waals surface area contributed by atoms with Crippen molar-refractivity contribution in [1.29, 1.82) is 0 Å². The molecule has 0 saturated carbocycles. The van der Waals surface area contributed by atoms with Gasteiger partial charge in [0.05, 0.1) is 31.3 Å². The lowest BCUT2D eigenvalue weighted by molar-refractivity contribution is -0.159. The van der Waals surface area contributed by atoms with Crippen LogP contribution in [0.4, 0.5) is 4.79 Å². The third-order valence-corrected chi connectivity index (χ3v) is 5.60. The van der Waals surface area contributed by atoms with Crippen molar-refractivity contribution in [2.75, 3.05) is 13.2 Å². The Bertz CT molecular complexity index is 701. The van der Waals surface area contributed by atoms with Crippen molar-refractivity contribution < 1.29 is 43.5 Å². The van der Waals surface area contributed by atoms with Gasteiger partial charge in [-0.1, -0.05) is 0 Å². The summed E-state index contributed by atoms with van der Waals surface area (Å²) < 4.78 is 27.9. The fourth-order valence-electron chi connectivity index (χ4n) is 4.20. The molecular weight excluding hydrogens is 410 g/mol. The molecule has 0 unspecified atom stereocenters. The maximum atomic E-state index is 13.2. The monoisotopic (exact) mass is 445 g/mol. The van der Waals surface area contributed by atoms with E-state index >= 15 is 0 Å². The molecule has 6 atom stereocenters. The Hall–Kier alpha value is -1.30. The number of likely N-dealkylation sites (tertiary alicyclic amines) is 1. The first-order chi connectivity index (χ1) is 14.1. The van der Waals surface area contributed by atoms with Crippen molar-refractivity contribution in [3.63, 3.8) is 0 Å². The van der Waals surface area contributed by atoms with Crippen LogP contribution in [-0.2, 0) is 28.5 Å². The zero-order valence-corrected chi connectivity index (χ0v) is 19.3. The lowest BCUT2D eigenvalue weighted by Crippen LogP contribution is -2.51. The second-order valence-electron chi connectivity index (χ2n) is 10.3. The third kappa shape index (κ3) is 5.37. The summed E-state index contributed by atoms with van der Waals surface area (Å²) in [5.41, 5.74) is -0.842. The summed E-state index contributed by atoms with van der Waals surface area (Å²) in [6.07, 6.45) is -4.75. The number of rotatable bonds is 4. The van der Waals surface area contributed by atoms with E-state index in [4.69, 9.17) is 23.7 Å². The van der Waals surface area contributed by atoms with Crippen LogP contribution in [0.25, 0.3) is 0 Å². The van der Waals surface area contributed by atoms with Gasteiger partial charge in [-0.05, 0) is 54.9 Å². The van der Waals surface area contributed by atoms with Crippen molar-refractivity contribution in [3.05, 3.63) is 0 Å². The van der Waals surface area contributed by atoms with E-state index in [0.717, 1.165) is 4.90 Å². The molecule has 10 nitrogen and oxygen atoms in total. The van der Waals surface area contributed by atoms with Gasteiger partial charge < -0.3 is 33.9 Å². The minimum atomic E-state index is -1.22. The Morgan fingerprint density at radius 3 is 1.94 bits per heavy atom. The minimum absolute atomic E-state index is 0.0288. The fourth-order valence-corrected chi connectivity index (χ4v) is 4.20. The van der Waals surface area contributed by atoms with E-state index in [2.05, 4.69) is 0 Å². The van der Waals surface area contributed by atoms with Crippen LogP contribution in [0.2, 0.25) is 0 Å². The zero-order chi connectivity index (χ0) is 23.4. The van der Waals surface area contributed by atoms with E-state index in [1.165, 1.54) is 0 Å². The molecule has 2 N–H and O–H groups in total. The largest absolute Gasteiger partial charge is 0.443 e. The molecule has 10 heteroatoms. The van der Waals surface area contributed by atoms with Crippen molar-refractivity contribution in [3.8, 4) is 0 Å². The number of hydrogen-bond acceptors (Lipinski definition) is 9. The number of nitrogens with zero attached hydrogens (tertiary/aromatic N) is 1. The number of aliphatic hydroxyl groups is 2. The molecule has 3 aliphatic rings. The number of aliphatic hydroxyl groups excluding tert-OH is 2. The number of ether oxygens (including phenoxy) is 5. The van der Waals surface area contributed by atoms with Gasteiger partial charge in [-0.2, -0.15) is 0 Å². The minimum Gasteiger partial charge on any atom is -0.443 e. The molecule has 3 heterocycles. The van der Waals surface area contributed by atoms with Gasteiger partial charge in [0.15, 0.2) is 11.6 Å². The predicted molar refractivity (Wildman–Crippen MR) is 107 cm³/mol. The summed E-state index contributed by atoms with van der Waals surface area (Å²) >= 11 is 0. The quantitative estimate of drug-likeness (QED) is 0.656. The first-order valence-corrected chi connectivity index (χ1v) is 10.7. The Labute approximate surface area is 182 Å². The lowest BCUT2D eigenvalue weighted by atomic mass is 9.92. The van der Waals surface area contributed by atoms with Gasteiger partial charge in [0.25, 0.3) is 0 Å². The highest BCUT2D eigenvalue weighted by Crippen LogP contribution is 2.37. The van der Waals surface area contributed by atoms with Gasteiger partial charge in [-0.15, -0.1) is 0 Å². The molecule has 3 fully saturated rings. The summed E-state index contributed by atoms with van der Waals surface area (Å²) in [4.78, 5) is 27.0. The highest BCUT2D eigenvalue weighted by Gasteiger charge is 2.55. The van der Waals surface area contributed by atoms with E-state index in [1.807, 2.05) is 0 Å². The molecule has 3 saturated heterocycles. The van der Waals surface area contributed by atoms with Crippen molar-refractivity contribution in [1.82, 2.24) is 4.90 Å². The highest BCUT2D eigenvalue weighted by atomic mass is 16.8. The van der Waals surface area contributed by atoms with E-state index in [1.54, 1.807) is 48.5 Å². The molecule has 178 valence electrons. The predicted octanol–water partition coefficient (Wildman–Crippen LogP) is 1.16. The van der Waals surface area contributed by atoms with Gasteiger partial charge in [0.2, 0.25) is 5.91 Å². The van der Waals surface area contributed by atoms with Gasteiger partial charge >= 0.3 is 6.09 Å².